The number of halogens is 4. The molecule has 0 heterocycles. The van der Waals surface area contributed by atoms with Crippen LogP contribution in [0.2, 0.25) is 0 Å². The molecule has 4 aromatic carbocycles. The summed E-state index contributed by atoms with van der Waals surface area (Å²) in [7, 11) is 0. The van der Waals surface area contributed by atoms with Crippen molar-refractivity contribution in [2.24, 2.45) is 23.7 Å². The average molecular weight is 755 g/mol. The summed E-state index contributed by atoms with van der Waals surface area (Å²) < 4.78 is 63.4. The van der Waals surface area contributed by atoms with Gasteiger partial charge in [-0.25, -0.2) is 17.6 Å². The lowest BCUT2D eigenvalue weighted by Gasteiger charge is -2.40. The molecule has 2 atom stereocenters. The van der Waals surface area contributed by atoms with Crippen LogP contribution in [0.25, 0.3) is 22.3 Å². The topological polar surface area (TPSA) is 9.23 Å². The van der Waals surface area contributed by atoms with E-state index in [0.717, 1.165) is 59.8 Å². The Hall–Kier alpha value is -3.44. The maximum Gasteiger partial charge on any atom is 0.159 e. The molecule has 2 fully saturated rings. The van der Waals surface area contributed by atoms with Gasteiger partial charge >= 0.3 is 0 Å². The van der Waals surface area contributed by atoms with Gasteiger partial charge in [0.2, 0.25) is 0 Å². The van der Waals surface area contributed by atoms with Crippen molar-refractivity contribution < 1.29 is 22.3 Å². The van der Waals surface area contributed by atoms with E-state index in [4.69, 9.17) is 4.74 Å². The van der Waals surface area contributed by atoms with Crippen LogP contribution in [0.3, 0.4) is 0 Å². The van der Waals surface area contributed by atoms with E-state index in [1.807, 2.05) is 24.3 Å². The molecule has 0 aliphatic heterocycles. The number of rotatable bonds is 18. The second-order valence-electron chi connectivity index (χ2n) is 16.7. The van der Waals surface area contributed by atoms with Crippen molar-refractivity contribution in [3.8, 4) is 22.3 Å². The molecule has 55 heavy (non-hydrogen) atoms. The van der Waals surface area contributed by atoms with E-state index in [1.54, 1.807) is 12.1 Å². The van der Waals surface area contributed by atoms with Crippen molar-refractivity contribution in [1.82, 2.24) is 0 Å². The Kier molecular flexibility index (Phi) is 15.5. The van der Waals surface area contributed by atoms with Crippen molar-refractivity contribution in [2.45, 2.75) is 142 Å². The van der Waals surface area contributed by atoms with Crippen LogP contribution >= 0.6 is 0 Å². The van der Waals surface area contributed by atoms with Gasteiger partial charge in [-0.05, 0) is 107 Å². The molecule has 0 amide bonds. The molecule has 2 aliphatic rings. The maximum absolute atomic E-state index is 14.2. The molecule has 0 radical (unpaired) electrons. The standard InChI is InChI=1S/C50H62F4O/c1-3-5-7-9-11-35-13-17-39(18-14-35)49(41-25-21-37(22-26-41)43-29-31-45(51)47(53)33-43)55-50(40-19-15-36(16-20-40)12-10-8-6-4-2)42-27-23-38(24-28-42)44-30-32-46(52)48(54)34-44/h21-36,39-40,49-50H,3-20H2,1-2H3/t35-,36-,39-,40-,49?,50?. The molecule has 2 saturated carbocycles. The second-order valence-corrected chi connectivity index (χ2v) is 16.7. The fourth-order valence-corrected chi connectivity index (χ4v) is 9.44. The SMILES string of the molecule is CCCCCC[C@H]1CC[C@H](C(OC(c2ccc(-c3ccc(F)c(F)c3)cc2)[C@H]2CC[C@H](CCCCCC)CC2)c2ccc(-c3ccc(F)c(F)c3)cc2)CC1. The molecule has 4 aromatic rings. The van der Waals surface area contributed by atoms with E-state index < -0.39 is 23.3 Å². The number of unbranched alkanes of at least 4 members (excludes halogenated alkanes) is 6. The molecule has 296 valence electrons. The highest BCUT2D eigenvalue weighted by Crippen LogP contribution is 2.47. The number of ether oxygens (including phenoxy) is 1. The van der Waals surface area contributed by atoms with Crippen molar-refractivity contribution in [3.63, 3.8) is 0 Å². The smallest absolute Gasteiger partial charge is 0.159 e. The summed E-state index contributed by atoms with van der Waals surface area (Å²) >= 11 is 0. The molecule has 2 aliphatic carbocycles. The summed E-state index contributed by atoms with van der Waals surface area (Å²) in [5.74, 6) is -1.08. The molecule has 6 rings (SSSR count). The Labute approximate surface area is 328 Å². The summed E-state index contributed by atoms with van der Waals surface area (Å²) in [5.41, 5.74) is 5.25. The van der Waals surface area contributed by atoms with Crippen LogP contribution in [0.4, 0.5) is 17.6 Å². The molecule has 0 bridgehead atoms. The van der Waals surface area contributed by atoms with Gasteiger partial charge in [0.25, 0.3) is 0 Å². The van der Waals surface area contributed by atoms with Crippen molar-refractivity contribution in [3.05, 3.63) is 119 Å². The van der Waals surface area contributed by atoms with E-state index in [9.17, 15) is 17.6 Å². The third-order valence-electron chi connectivity index (χ3n) is 12.8. The maximum atomic E-state index is 14.2. The molecule has 0 spiro atoms. The molecular weight excluding hydrogens is 693 g/mol. The fraction of sp³-hybridized carbons (Fsp3) is 0.520. The van der Waals surface area contributed by atoms with Crippen molar-refractivity contribution >= 4 is 0 Å². The molecule has 2 unspecified atom stereocenters. The lowest BCUT2D eigenvalue weighted by molar-refractivity contribution is -0.0907. The molecule has 1 nitrogen and oxygen atoms in total. The first-order valence-electron chi connectivity index (χ1n) is 21.6. The van der Waals surface area contributed by atoms with E-state index in [1.165, 1.54) is 114 Å². The van der Waals surface area contributed by atoms with Gasteiger partial charge in [0.15, 0.2) is 23.3 Å². The van der Waals surface area contributed by atoms with Gasteiger partial charge in [0.1, 0.15) is 0 Å². The largest absolute Gasteiger partial charge is 0.365 e. The zero-order chi connectivity index (χ0) is 38.6. The molecule has 0 aromatic heterocycles. The highest BCUT2D eigenvalue weighted by Gasteiger charge is 2.36. The normalized spacial score (nSPS) is 21.3. The predicted octanol–water partition coefficient (Wildman–Crippen LogP) is 15.9. The first-order valence-corrected chi connectivity index (χ1v) is 21.6. The zero-order valence-electron chi connectivity index (χ0n) is 33.2. The van der Waals surface area contributed by atoms with Crippen LogP contribution in [-0.2, 0) is 4.74 Å². The average Bonchev–Trinajstić information content (AvgIpc) is 3.22. The quantitative estimate of drug-likeness (QED) is 0.0726. The fourth-order valence-electron chi connectivity index (χ4n) is 9.44. The summed E-state index contributed by atoms with van der Waals surface area (Å²) in [4.78, 5) is 0. The second kappa shape index (κ2) is 20.6. The molecule has 0 N–H and O–H groups in total. The van der Waals surface area contributed by atoms with Crippen LogP contribution in [0.1, 0.15) is 153 Å². The van der Waals surface area contributed by atoms with Gasteiger partial charge in [-0.3, -0.25) is 0 Å². The van der Waals surface area contributed by atoms with Gasteiger partial charge in [0.05, 0.1) is 12.2 Å². The lowest BCUT2D eigenvalue weighted by Crippen LogP contribution is -2.28. The molecule has 5 heteroatoms. The minimum Gasteiger partial charge on any atom is -0.365 e. The minimum atomic E-state index is -0.844. The van der Waals surface area contributed by atoms with E-state index in [-0.39, 0.29) is 12.2 Å². The first kappa shape index (κ1) is 41.2. The van der Waals surface area contributed by atoms with Gasteiger partial charge in [-0.2, -0.15) is 0 Å². The predicted molar refractivity (Wildman–Crippen MR) is 219 cm³/mol. The molecule has 0 saturated heterocycles. The number of benzene rings is 4. The first-order chi connectivity index (χ1) is 26.8. The summed E-state index contributed by atoms with van der Waals surface area (Å²) in [6.07, 6.45) is 22.2. The Morgan fingerprint density at radius 1 is 0.436 bits per heavy atom. The van der Waals surface area contributed by atoms with Gasteiger partial charge < -0.3 is 4.74 Å². The Bertz CT molecular complexity index is 1610. The van der Waals surface area contributed by atoms with Crippen LogP contribution in [0.15, 0.2) is 84.9 Å². The highest BCUT2D eigenvalue weighted by atomic mass is 19.2. The summed E-state index contributed by atoms with van der Waals surface area (Å²) in [5, 5.41) is 0. The van der Waals surface area contributed by atoms with E-state index in [0.29, 0.717) is 23.0 Å². The Morgan fingerprint density at radius 3 is 1.15 bits per heavy atom. The molecular formula is C50H62F4O. The van der Waals surface area contributed by atoms with Gasteiger partial charge in [0, 0.05) is 0 Å². The van der Waals surface area contributed by atoms with Gasteiger partial charge in [-0.15, -0.1) is 0 Å². The summed E-state index contributed by atoms with van der Waals surface area (Å²) in [6, 6.07) is 24.8. The van der Waals surface area contributed by atoms with Gasteiger partial charge in [-0.1, -0.05) is 164 Å². The number of hydrogen-bond acceptors (Lipinski definition) is 1. The Balaban J connectivity index is 1.27. The van der Waals surface area contributed by atoms with E-state index in [2.05, 4.69) is 38.1 Å². The third-order valence-corrected chi connectivity index (χ3v) is 12.8. The highest BCUT2D eigenvalue weighted by molar-refractivity contribution is 5.64. The van der Waals surface area contributed by atoms with Crippen molar-refractivity contribution in [1.29, 1.82) is 0 Å². The zero-order valence-corrected chi connectivity index (χ0v) is 33.2. The van der Waals surface area contributed by atoms with Crippen LogP contribution < -0.4 is 0 Å². The monoisotopic (exact) mass is 754 g/mol. The Morgan fingerprint density at radius 2 is 0.800 bits per heavy atom. The number of hydrogen-bond donors (Lipinski definition) is 0. The summed E-state index contributed by atoms with van der Waals surface area (Å²) in [6.45, 7) is 4.54. The van der Waals surface area contributed by atoms with Crippen LogP contribution in [0, 0.1) is 46.9 Å². The third kappa shape index (κ3) is 11.3. The van der Waals surface area contributed by atoms with Crippen LogP contribution in [-0.4, -0.2) is 0 Å². The minimum absolute atomic E-state index is 0.109. The van der Waals surface area contributed by atoms with Crippen LogP contribution in [0.5, 0.6) is 0 Å². The van der Waals surface area contributed by atoms with E-state index >= 15 is 0 Å². The lowest BCUT2D eigenvalue weighted by atomic mass is 9.74. The van der Waals surface area contributed by atoms with Crippen molar-refractivity contribution in [2.75, 3.05) is 0 Å².